The summed E-state index contributed by atoms with van der Waals surface area (Å²) in [7, 11) is 0. The molecule has 0 aromatic heterocycles. The predicted molar refractivity (Wildman–Crippen MR) is 54.3 cm³/mol. The van der Waals surface area contributed by atoms with E-state index in [0.717, 1.165) is 13.1 Å². The second-order valence-corrected chi connectivity index (χ2v) is 4.55. The Kier molecular flexibility index (Phi) is 4.31. The lowest BCUT2D eigenvalue weighted by Crippen LogP contribution is -2.45. The summed E-state index contributed by atoms with van der Waals surface area (Å²) in [6.07, 6.45) is 0.362. The van der Waals surface area contributed by atoms with Gasteiger partial charge >= 0.3 is 0 Å². The van der Waals surface area contributed by atoms with Crippen LogP contribution in [-0.4, -0.2) is 49.2 Å². The van der Waals surface area contributed by atoms with E-state index in [2.05, 4.69) is 5.32 Å². The maximum atomic E-state index is 9.42. The van der Waals surface area contributed by atoms with Gasteiger partial charge in [-0.3, -0.25) is 0 Å². The lowest BCUT2D eigenvalue weighted by molar-refractivity contribution is -0.0919. The Hall–Kier alpha value is -0.160. The monoisotopic (exact) mass is 203 g/mol. The zero-order chi connectivity index (χ0) is 10.6. The molecular weight excluding hydrogens is 182 g/mol. The van der Waals surface area contributed by atoms with Crippen molar-refractivity contribution in [3.63, 3.8) is 0 Å². The summed E-state index contributed by atoms with van der Waals surface area (Å²) in [6, 6.07) is 0. The van der Waals surface area contributed by atoms with Crippen molar-refractivity contribution in [2.24, 2.45) is 0 Å². The molecule has 0 bridgehead atoms. The van der Waals surface area contributed by atoms with Gasteiger partial charge in [0.05, 0.1) is 31.0 Å². The Morgan fingerprint density at radius 3 is 2.79 bits per heavy atom. The molecule has 0 saturated carbocycles. The molecule has 0 aliphatic carbocycles. The maximum absolute atomic E-state index is 9.42. The van der Waals surface area contributed by atoms with Crippen LogP contribution in [0, 0.1) is 0 Å². The highest BCUT2D eigenvalue weighted by Crippen LogP contribution is 2.06. The zero-order valence-electron chi connectivity index (χ0n) is 9.25. The number of morpholine rings is 1. The SMILES string of the molecule is CC1CNCC(COCC(C)(C)O)O1. The molecule has 1 heterocycles. The van der Waals surface area contributed by atoms with E-state index >= 15 is 0 Å². The molecule has 14 heavy (non-hydrogen) atoms. The summed E-state index contributed by atoms with van der Waals surface area (Å²) in [5.74, 6) is 0. The van der Waals surface area contributed by atoms with Gasteiger partial charge < -0.3 is 19.9 Å². The molecule has 2 N–H and O–H groups in total. The van der Waals surface area contributed by atoms with E-state index in [9.17, 15) is 5.11 Å². The molecule has 4 heteroatoms. The summed E-state index contributed by atoms with van der Waals surface area (Å²) in [6.45, 7) is 8.13. The van der Waals surface area contributed by atoms with Crippen LogP contribution in [0.5, 0.6) is 0 Å². The average molecular weight is 203 g/mol. The van der Waals surface area contributed by atoms with E-state index in [0.29, 0.717) is 13.2 Å². The smallest absolute Gasteiger partial charge is 0.0936 e. The molecule has 1 fully saturated rings. The zero-order valence-corrected chi connectivity index (χ0v) is 9.25. The fourth-order valence-electron chi connectivity index (χ4n) is 1.41. The van der Waals surface area contributed by atoms with Gasteiger partial charge in [-0.1, -0.05) is 0 Å². The van der Waals surface area contributed by atoms with Crippen molar-refractivity contribution in [1.82, 2.24) is 5.32 Å². The fraction of sp³-hybridized carbons (Fsp3) is 1.00. The van der Waals surface area contributed by atoms with Gasteiger partial charge in [0, 0.05) is 13.1 Å². The second-order valence-electron chi connectivity index (χ2n) is 4.55. The molecule has 2 unspecified atom stereocenters. The van der Waals surface area contributed by atoms with Gasteiger partial charge in [-0.05, 0) is 20.8 Å². The van der Waals surface area contributed by atoms with E-state index in [-0.39, 0.29) is 12.2 Å². The van der Waals surface area contributed by atoms with Crippen molar-refractivity contribution in [2.75, 3.05) is 26.3 Å². The van der Waals surface area contributed by atoms with E-state index in [1.807, 2.05) is 6.92 Å². The average Bonchev–Trinajstić information content (AvgIpc) is 2.01. The summed E-state index contributed by atoms with van der Waals surface area (Å²) < 4.78 is 11.0. The lowest BCUT2D eigenvalue weighted by atomic mass is 10.2. The van der Waals surface area contributed by atoms with Crippen LogP contribution in [0.1, 0.15) is 20.8 Å². The normalized spacial score (nSPS) is 29.1. The maximum Gasteiger partial charge on any atom is 0.0936 e. The van der Waals surface area contributed by atoms with Crippen molar-refractivity contribution >= 4 is 0 Å². The molecule has 0 spiro atoms. The summed E-state index contributed by atoms with van der Waals surface area (Å²) in [4.78, 5) is 0. The van der Waals surface area contributed by atoms with Gasteiger partial charge in [0.2, 0.25) is 0 Å². The Labute approximate surface area is 85.6 Å². The molecule has 4 nitrogen and oxygen atoms in total. The topological polar surface area (TPSA) is 50.7 Å². The van der Waals surface area contributed by atoms with Crippen molar-refractivity contribution in [1.29, 1.82) is 0 Å². The third kappa shape index (κ3) is 4.91. The number of aliphatic hydroxyl groups is 1. The largest absolute Gasteiger partial charge is 0.388 e. The molecule has 0 aromatic carbocycles. The lowest BCUT2D eigenvalue weighted by Gasteiger charge is -2.29. The standard InChI is InChI=1S/C10H21NO3/c1-8-4-11-5-9(14-8)6-13-7-10(2,3)12/h8-9,11-12H,4-7H2,1-3H3. The third-order valence-corrected chi connectivity index (χ3v) is 1.99. The van der Waals surface area contributed by atoms with E-state index in [1.54, 1.807) is 13.8 Å². The van der Waals surface area contributed by atoms with Gasteiger partial charge in [0.1, 0.15) is 0 Å². The van der Waals surface area contributed by atoms with Crippen LogP contribution in [-0.2, 0) is 9.47 Å². The van der Waals surface area contributed by atoms with Gasteiger partial charge in [-0.15, -0.1) is 0 Å². The minimum atomic E-state index is -0.756. The Balaban J connectivity index is 2.12. The van der Waals surface area contributed by atoms with Gasteiger partial charge in [-0.2, -0.15) is 0 Å². The van der Waals surface area contributed by atoms with Crippen LogP contribution >= 0.6 is 0 Å². The fourth-order valence-corrected chi connectivity index (χ4v) is 1.41. The summed E-state index contributed by atoms with van der Waals surface area (Å²) in [5.41, 5.74) is -0.756. The molecular formula is C10H21NO3. The third-order valence-electron chi connectivity index (χ3n) is 1.99. The first-order chi connectivity index (χ1) is 6.47. The van der Waals surface area contributed by atoms with Gasteiger partial charge in [0.15, 0.2) is 0 Å². The number of hydrogen-bond acceptors (Lipinski definition) is 4. The molecule has 0 aromatic rings. The van der Waals surface area contributed by atoms with Crippen LogP contribution in [0.15, 0.2) is 0 Å². The molecule has 1 saturated heterocycles. The summed E-state index contributed by atoms with van der Waals surface area (Å²) in [5, 5.41) is 12.7. The van der Waals surface area contributed by atoms with Crippen molar-refractivity contribution in [2.45, 2.75) is 38.6 Å². The van der Waals surface area contributed by atoms with Crippen LogP contribution in [0.25, 0.3) is 0 Å². The number of rotatable bonds is 4. The molecule has 0 radical (unpaired) electrons. The number of nitrogens with one attached hydrogen (secondary N) is 1. The van der Waals surface area contributed by atoms with Gasteiger partial charge in [-0.25, -0.2) is 0 Å². The van der Waals surface area contributed by atoms with E-state index in [1.165, 1.54) is 0 Å². The van der Waals surface area contributed by atoms with E-state index in [4.69, 9.17) is 9.47 Å². The van der Waals surface area contributed by atoms with Crippen LogP contribution < -0.4 is 5.32 Å². The number of ether oxygens (including phenoxy) is 2. The molecule has 1 aliphatic rings. The summed E-state index contributed by atoms with van der Waals surface area (Å²) >= 11 is 0. The minimum absolute atomic E-state index is 0.112. The van der Waals surface area contributed by atoms with Crippen LogP contribution in [0.3, 0.4) is 0 Å². The quantitative estimate of drug-likeness (QED) is 0.683. The predicted octanol–water partition coefficient (Wildman–Crippen LogP) is 0.151. The molecule has 84 valence electrons. The van der Waals surface area contributed by atoms with Gasteiger partial charge in [0.25, 0.3) is 0 Å². The molecule has 0 amide bonds. The highest BCUT2D eigenvalue weighted by atomic mass is 16.5. The molecule has 1 rings (SSSR count). The Bertz CT molecular complexity index is 167. The van der Waals surface area contributed by atoms with E-state index < -0.39 is 5.60 Å². The first-order valence-electron chi connectivity index (χ1n) is 5.14. The number of hydrogen-bond donors (Lipinski definition) is 2. The second kappa shape index (κ2) is 5.07. The minimum Gasteiger partial charge on any atom is -0.388 e. The first kappa shape index (κ1) is 11.9. The molecule has 1 aliphatic heterocycles. The van der Waals surface area contributed by atoms with Crippen LogP contribution in [0.2, 0.25) is 0 Å². The Morgan fingerprint density at radius 2 is 2.21 bits per heavy atom. The first-order valence-corrected chi connectivity index (χ1v) is 5.14. The highest BCUT2D eigenvalue weighted by molar-refractivity contribution is 4.72. The van der Waals surface area contributed by atoms with Crippen molar-refractivity contribution in [3.8, 4) is 0 Å². The van der Waals surface area contributed by atoms with Crippen molar-refractivity contribution < 1.29 is 14.6 Å². The van der Waals surface area contributed by atoms with Crippen molar-refractivity contribution in [3.05, 3.63) is 0 Å². The highest BCUT2D eigenvalue weighted by Gasteiger charge is 2.20. The molecule has 2 atom stereocenters. The Morgan fingerprint density at radius 1 is 1.50 bits per heavy atom. The van der Waals surface area contributed by atoms with Crippen LogP contribution in [0.4, 0.5) is 0 Å².